The Morgan fingerprint density at radius 2 is 2.20 bits per heavy atom. The van der Waals surface area contributed by atoms with E-state index in [1.165, 1.54) is 19.3 Å². The Kier molecular flexibility index (Phi) is 6.03. The molecule has 0 fully saturated rings. The van der Waals surface area contributed by atoms with Gasteiger partial charge in [0.05, 0.1) is 0 Å². The summed E-state index contributed by atoms with van der Waals surface area (Å²) in [5, 5.41) is 3.55. The molecule has 1 unspecified atom stereocenters. The minimum Gasteiger partial charge on any atom is -0.454 e. The van der Waals surface area contributed by atoms with Gasteiger partial charge in [-0.2, -0.15) is 0 Å². The Morgan fingerprint density at radius 3 is 2.73 bits per heavy atom. The van der Waals surface area contributed by atoms with Crippen molar-refractivity contribution in [3.05, 3.63) is 22.6 Å². The van der Waals surface area contributed by atoms with Crippen LogP contribution >= 0.6 is 15.9 Å². The number of hydrogen-bond donors (Lipinski definition) is 1. The number of halogens is 1. The Bertz CT molecular complexity index is 272. The molecule has 0 bridgehead atoms. The lowest BCUT2D eigenvalue weighted by atomic mass is 10.1. The van der Waals surface area contributed by atoms with Crippen molar-refractivity contribution in [2.45, 2.75) is 45.6 Å². The van der Waals surface area contributed by atoms with E-state index in [0.29, 0.717) is 6.04 Å². The van der Waals surface area contributed by atoms with Gasteiger partial charge in [0.25, 0.3) is 0 Å². The fraction of sp³-hybridized carbons (Fsp3) is 0.667. The van der Waals surface area contributed by atoms with E-state index in [9.17, 15) is 0 Å². The fourth-order valence-electron chi connectivity index (χ4n) is 1.68. The summed E-state index contributed by atoms with van der Waals surface area (Å²) >= 11 is 3.30. The van der Waals surface area contributed by atoms with E-state index >= 15 is 0 Å². The van der Waals surface area contributed by atoms with Gasteiger partial charge >= 0.3 is 0 Å². The van der Waals surface area contributed by atoms with Crippen molar-refractivity contribution in [1.82, 2.24) is 5.32 Å². The summed E-state index contributed by atoms with van der Waals surface area (Å²) in [5.41, 5.74) is 0. The van der Waals surface area contributed by atoms with E-state index in [-0.39, 0.29) is 0 Å². The van der Waals surface area contributed by atoms with Gasteiger partial charge in [0, 0.05) is 19.0 Å². The van der Waals surface area contributed by atoms with E-state index < -0.39 is 0 Å². The first-order chi connectivity index (χ1) is 7.26. The summed E-state index contributed by atoms with van der Waals surface area (Å²) in [6.45, 7) is 5.46. The van der Waals surface area contributed by atoms with Crippen LogP contribution in [0.2, 0.25) is 0 Å². The van der Waals surface area contributed by atoms with E-state index in [1.807, 2.05) is 12.1 Å². The van der Waals surface area contributed by atoms with E-state index in [1.54, 1.807) is 0 Å². The topological polar surface area (TPSA) is 25.2 Å². The van der Waals surface area contributed by atoms with Gasteiger partial charge in [0.2, 0.25) is 0 Å². The molecule has 0 aliphatic carbocycles. The molecular formula is C12H20BrNO. The van der Waals surface area contributed by atoms with Gasteiger partial charge < -0.3 is 9.73 Å². The first kappa shape index (κ1) is 12.8. The zero-order chi connectivity index (χ0) is 11.1. The molecule has 1 N–H and O–H groups in total. The standard InChI is InChI=1S/C12H20BrNO/c1-3-5-10(4-2)14-9-8-11-6-7-12(13)15-11/h6-7,10,14H,3-5,8-9H2,1-2H3. The second-order valence-corrected chi connectivity index (χ2v) is 4.59. The third-order valence-corrected chi connectivity index (χ3v) is 2.99. The maximum Gasteiger partial charge on any atom is 0.169 e. The van der Waals surface area contributed by atoms with Crippen LogP contribution in [0.25, 0.3) is 0 Å². The average Bonchev–Trinajstić information content (AvgIpc) is 2.63. The second kappa shape index (κ2) is 7.07. The highest BCUT2D eigenvalue weighted by Crippen LogP contribution is 2.14. The van der Waals surface area contributed by atoms with Crippen LogP contribution in [0, 0.1) is 0 Å². The van der Waals surface area contributed by atoms with Crippen molar-refractivity contribution in [3.8, 4) is 0 Å². The molecule has 0 aliphatic rings. The van der Waals surface area contributed by atoms with Crippen LogP contribution in [0.4, 0.5) is 0 Å². The molecule has 0 saturated heterocycles. The third kappa shape index (κ3) is 4.85. The fourth-order valence-corrected chi connectivity index (χ4v) is 2.02. The predicted octanol–water partition coefficient (Wildman–Crippen LogP) is 3.75. The number of furan rings is 1. The molecule has 0 saturated carbocycles. The van der Waals surface area contributed by atoms with Gasteiger partial charge in [-0.1, -0.05) is 20.3 Å². The minimum absolute atomic E-state index is 0.661. The highest BCUT2D eigenvalue weighted by Gasteiger charge is 2.04. The average molecular weight is 274 g/mol. The zero-order valence-corrected chi connectivity index (χ0v) is 11.1. The van der Waals surface area contributed by atoms with Crippen molar-refractivity contribution >= 4 is 15.9 Å². The van der Waals surface area contributed by atoms with Gasteiger partial charge in [-0.15, -0.1) is 0 Å². The minimum atomic E-state index is 0.661. The third-order valence-electron chi connectivity index (χ3n) is 2.56. The van der Waals surface area contributed by atoms with Crippen molar-refractivity contribution in [2.24, 2.45) is 0 Å². The molecule has 1 heterocycles. The van der Waals surface area contributed by atoms with Crippen molar-refractivity contribution in [3.63, 3.8) is 0 Å². The van der Waals surface area contributed by atoms with Crippen LogP contribution < -0.4 is 5.32 Å². The summed E-state index contributed by atoms with van der Waals surface area (Å²) < 4.78 is 6.25. The lowest BCUT2D eigenvalue weighted by molar-refractivity contribution is 0.438. The highest BCUT2D eigenvalue weighted by atomic mass is 79.9. The molecule has 0 amide bonds. The molecule has 0 aliphatic heterocycles. The van der Waals surface area contributed by atoms with Gasteiger partial charge in [-0.05, 0) is 40.9 Å². The molecule has 1 aromatic rings. The Labute approximate surface area is 101 Å². The molecule has 0 spiro atoms. The highest BCUT2D eigenvalue weighted by molar-refractivity contribution is 9.10. The molecule has 1 atom stereocenters. The van der Waals surface area contributed by atoms with E-state index in [2.05, 4.69) is 35.1 Å². The smallest absolute Gasteiger partial charge is 0.169 e. The van der Waals surface area contributed by atoms with E-state index in [0.717, 1.165) is 23.4 Å². The number of nitrogens with one attached hydrogen (secondary N) is 1. The summed E-state index contributed by atoms with van der Waals surface area (Å²) in [7, 11) is 0. The van der Waals surface area contributed by atoms with Gasteiger partial charge in [0.15, 0.2) is 4.67 Å². The first-order valence-corrected chi connectivity index (χ1v) is 6.53. The quantitative estimate of drug-likeness (QED) is 0.819. The Morgan fingerprint density at radius 1 is 1.40 bits per heavy atom. The van der Waals surface area contributed by atoms with Crippen LogP contribution in [-0.2, 0) is 6.42 Å². The van der Waals surface area contributed by atoms with Crippen LogP contribution in [0.5, 0.6) is 0 Å². The molecule has 0 radical (unpaired) electrons. The molecule has 3 heteroatoms. The van der Waals surface area contributed by atoms with Crippen LogP contribution in [0.15, 0.2) is 21.2 Å². The Hall–Kier alpha value is -0.280. The Balaban J connectivity index is 2.20. The monoisotopic (exact) mass is 273 g/mol. The molecular weight excluding hydrogens is 254 g/mol. The summed E-state index contributed by atoms with van der Waals surface area (Å²) in [4.78, 5) is 0. The maximum absolute atomic E-state index is 5.44. The normalized spacial score (nSPS) is 13.0. The summed E-state index contributed by atoms with van der Waals surface area (Å²) in [6, 6.07) is 4.62. The van der Waals surface area contributed by atoms with Gasteiger partial charge in [-0.3, -0.25) is 0 Å². The van der Waals surface area contributed by atoms with Gasteiger partial charge in [0.1, 0.15) is 5.76 Å². The summed E-state index contributed by atoms with van der Waals surface area (Å²) in [6.07, 6.45) is 4.68. The molecule has 15 heavy (non-hydrogen) atoms. The van der Waals surface area contributed by atoms with Crippen LogP contribution in [0.1, 0.15) is 38.9 Å². The molecule has 86 valence electrons. The molecule has 0 aromatic carbocycles. The lowest BCUT2D eigenvalue weighted by Gasteiger charge is -2.15. The molecule has 1 aromatic heterocycles. The largest absolute Gasteiger partial charge is 0.454 e. The summed E-state index contributed by atoms with van der Waals surface area (Å²) in [5.74, 6) is 1.04. The molecule has 2 nitrogen and oxygen atoms in total. The van der Waals surface area contributed by atoms with Crippen LogP contribution in [-0.4, -0.2) is 12.6 Å². The maximum atomic E-state index is 5.44. The van der Waals surface area contributed by atoms with Crippen molar-refractivity contribution in [2.75, 3.05) is 6.54 Å². The first-order valence-electron chi connectivity index (χ1n) is 5.73. The lowest BCUT2D eigenvalue weighted by Crippen LogP contribution is -2.30. The van der Waals surface area contributed by atoms with Gasteiger partial charge in [-0.25, -0.2) is 0 Å². The van der Waals surface area contributed by atoms with Crippen molar-refractivity contribution < 1.29 is 4.42 Å². The number of rotatable bonds is 7. The predicted molar refractivity (Wildman–Crippen MR) is 67.1 cm³/mol. The second-order valence-electron chi connectivity index (χ2n) is 3.80. The zero-order valence-electron chi connectivity index (χ0n) is 9.55. The SMILES string of the molecule is CCCC(CC)NCCc1ccc(Br)o1. The van der Waals surface area contributed by atoms with Crippen molar-refractivity contribution in [1.29, 1.82) is 0 Å². The number of hydrogen-bond acceptors (Lipinski definition) is 2. The van der Waals surface area contributed by atoms with Crippen LogP contribution in [0.3, 0.4) is 0 Å². The van der Waals surface area contributed by atoms with E-state index in [4.69, 9.17) is 4.42 Å². The molecule has 1 rings (SSSR count).